The molecule has 0 aliphatic carbocycles. The first-order valence-corrected chi connectivity index (χ1v) is 14.0. The molecule has 0 saturated carbocycles. The van der Waals surface area contributed by atoms with Crippen molar-refractivity contribution in [3.63, 3.8) is 0 Å². The molecule has 1 aromatic carbocycles. The first kappa shape index (κ1) is 27.4. The number of hydrogen-bond donors (Lipinski definition) is 0. The summed E-state index contributed by atoms with van der Waals surface area (Å²) in [5.41, 5.74) is 2.39. The first-order valence-electron chi connectivity index (χ1n) is 14.0. The Labute approximate surface area is 222 Å². The van der Waals surface area contributed by atoms with Crippen molar-refractivity contribution in [1.82, 2.24) is 19.7 Å². The Morgan fingerprint density at radius 2 is 1.86 bits per heavy atom. The molecule has 37 heavy (non-hydrogen) atoms. The fourth-order valence-corrected chi connectivity index (χ4v) is 5.46. The zero-order valence-corrected chi connectivity index (χ0v) is 22.9. The molecule has 0 unspecified atom stereocenters. The van der Waals surface area contributed by atoms with Crippen molar-refractivity contribution in [3.8, 4) is 11.5 Å². The van der Waals surface area contributed by atoms with Gasteiger partial charge in [0.2, 0.25) is 12.7 Å². The average Bonchev–Trinajstić information content (AvgIpc) is 3.54. The van der Waals surface area contributed by atoms with Crippen LogP contribution < -0.4 is 9.47 Å². The third-order valence-corrected chi connectivity index (χ3v) is 7.61. The summed E-state index contributed by atoms with van der Waals surface area (Å²) in [5, 5.41) is 0. The fourth-order valence-electron chi connectivity index (χ4n) is 5.46. The van der Waals surface area contributed by atoms with Crippen LogP contribution in [0, 0.1) is 0 Å². The lowest BCUT2D eigenvalue weighted by Crippen LogP contribution is -2.43. The topological polar surface area (TPSA) is 58.1 Å². The Morgan fingerprint density at radius 3 is 2.65 bits per heavy atom. The van der Waals surface area contributed by atoms with E-state index in [4.69, 9.17) is 9.47 Å². The molecule has 1 fully saturated rings. The van der Waals surface area contributed by atoms with E-state index in [-0.39, 0.29) is 5.91 Å². The minimum atomic E-state index is 0.271. The molecule has 0 radical (unpaired) electrons. The van der Waals surface area contributed by atoms with E-state index in [1.807, 2.05) is 18.3 Å². The number of carbonyl (C=O) groups is 1. The average molecular weight is 509 g/mol. The van der Waals surface area contributed by atoms with Crippen LogP contribution in [-0.4, -0.2) is 85.2 Å². The molecule has 1 saturated heterocycles. The second-order valence-corrected chi connectivity index (χ2v) is 10.7. The Morgan fingerprint density at radius 1 is 1.05 bits per heavy atom. The molecule has 2 atom stereocenters. The number of pyridine rings is 1. The van der Waals surface area contributed by atoms with Gasteiger partial charge in [0.05, 0.1) is 6.54 Å². The lowest BCUT2D eigenvalue weighted by Gasteiger charge is -2.29. The SMILES string of the molecule is CCCCN(CCCCN(C)C)C(=O)CN1C[C@H](c2ccc3c(c2)OCO3)C[C@@H]1CCc1ccccn1. The monoisotopic (exact) mass is 508 g/mol. The van der Waals surface area contributed by atoms with E-state index in [9.17, 15) is 4.79 Å². The molecule has 1 aromatic heterocycles. The van der Waals surface area contributed by atoms with Gasteiger partial charge in [-0.05, 0) is 94.9 Å². The molecule has 0 bridgehead atoms. The molecule has 7 nitrogen and oxygen atoms in total. The number of aromatic nitrogens is 1. The molecule has 4 rings (SSSR count). The van der Waals surface area contributed by atoms with Gasteiger partial charge in [0.25, 0.3) is 0 Å². The number of likely N-dealkylation sites (tertiary alicyclic amines) is 1. The third-order valence-electron chi connectivity index (χ3n) is 7.61. The van der Waals surface area contributed by atoms with Crippen molar-refractivity contribution in [2.75, 3.05) is 53.6 Å². The Bertz CT molecular complexity index is 984. The maximum Gasteiger partial charge on any atom is 0.236 e. The smallest absolute Gasteiger partial charge is 0.236 e. The van der Waals surface area contributed by atoms with Crippen LogP contribution in [0.2, 0.25) is 0 Å². The number of hydrogen-bond acceptors (Lipinski definition) is 6. The molecule has 2 aliphatic rings. The quantitative estimate of drug-likeness (QED) is 0.349. The molecule has 2 aliphatic heterocycles. The van der Waals surface area contributed by atoms with Gasteiger partial charge in [-0.2, -0.15) is 0 Å². The molecule has 3 heterocycles. The molecule has 202 valence electrons. The third kappa shape index (κ3) is 7.92. The van der Waals surface area contributed by atoms with Crippen LogP contribution in [0.4, 0.5) is 0 Å². The number of nitrogens with zero attached hydrogens (tertiary/aromatic N) is 4. The predicted molar refractivity (Wildman–Crippen MR) is 147 cm³/mol. The lowest BCUT2D eigenvalue weighted by atomic mass is 9.94. The highest BCUT2D eigenvalue weighted by atomic mass is 16.7. The van der Waals surface area contributed by atoms with Crippen molar-refractivity contribution in [1.29, 1.82) is 0 Å². The van der Waals surface area contributed by atoms with Gasteiger partial charge in [-0.15, -0.1) is 0 Å². The summed E-state index contributed by atoms with van der Waals surface area (Å²) in [6.07, 6.45) is 9.16. The highest BCUT2D eigenvalue weighted by molar-refractivity contribution is 5.78. The second kappa shape index (κ2) is 13.8. The highest BCUT2D eigenvalue weighted by Crippen LogP contribution is 2.39. The van der Waals surface area contributed by atoms with Crippen molar-refractivity contribution >= 4 is 5.91 Å². The van der Waals surface area contributed by atoms with Gasteiger partial charge < -0.3 is 19.3 Å². The van der Waals surface area contributed by atoms with Gasteiger partial charge in [0.1, 0.15) is 0 Å². The summed E-state index contributed by atoms with van der Waals surface area (Å²) >= 11 is 0. The zero-order chi connectivity index (χ0) is 26.0. The van der Waals surface area contributed by atoms with Gasteiger partial charge in [0.15, 0.2) is 11.5 Å². The Hall–Kier alpha value is -2.64. The van der Waals surface area contributed by atoms with E-state index < -0.39 is 0 Å². The summed E-state index contributed by atoms with van der Waals surface area (Å²) in [6.45, 7) is 6.64. The minimum Gasteiger partial charge on any atom is -0.454 e. The molecule has 1 amide bonds. The molecule has 2 aromatic rings. The number of ether oxygens (including phenoxy) is 2. The standard InChI is InChI=1S/C30H44N4O3/c1-4-5-17-33(18-9-8-16-32(2)3)30(35)22-34-21-25(24-11-14-28-29(20-24)37-23-36-28)19-27(34)13-12-26-10-6-7-15-31-26/h6-7,10-11,14-15,20,25,27H,4-5,8-9,12-13,16-19,21-23H2,1-3H3/t25-,27+/m1/s1. The number of amides is 1. The maximum absolute atomic E-state index is 13.6. The second-order valence-electron chi connectivity index (χ2n) is 10.7. The summed E-state index contributed by atoms with van der Waals surface area (Å²) in [4.78, 5) is 24.9. The first-order chi connectivity index (χ1) is 18.0. The fraction of sp³-hybridized carbons (Fsp3) is 0.600. The normalized spacial score (nSPS) is 19.0. The van der Waals surface area contributed by atoms with Crippen molar-refractivity contribution in [2.24, 2.45) is 0 Å². The number of benzene rings is 1. The van der Waals surface area contributed by atoms with E-state index in [0.717, 1.165) is 88.3 Å². The summed E-state index contributed by atoms with van der Waals surface area (Å²) < 4.78 is 11.2. The van der Waals surface area contributed by atoms with Crippen LogP contribution in [0.1, 0.15) is 62.6 Å². The van der Waals surface area contributed by atoms with Gasteiger partial charge in [-0.1, -0.05) is 25.5 Å². The van der Waals surface area contributed by atoms with Crippen molar-refractivity contribution < 1.29 is 14.3 Å². The van der Waals surface area contributed by atoms with Crippen LogP contribution in [0.25, 0.3) is 0 Å². The van der Waals surface area contributed by atoms with Gasteiger partial charge in [0, 0.05) is 37.6 Å². The molecule has 0 spiro atoms. The predicted octanol–water partition coefficient (Wildman–Crippen LogP) is 4.57. The highest BCUT2D eigenvalue weighted by Gasteiger charge is 2.35. The number of rotatable bonds is 14. The van der Waals surface area contributed by atoms with Gasteiger partial charge in [-0.3, -0.25) is 14.7 Å². The largest absolute Gasteiger partial charge is 0.454 e. The maximum atomic E-state index is 13.6. The molecular formula is C30H44N4O3. The lowest BCUT2D eigenvalue weighted by molar-refractivity contribution is -0.132. The van der Waals surface area contributed by atoms with Crippen LogP contribution in [0.3, 0.4) is 0 Å². The van der Waals surface area contributed by atoms with E-state index in [1.54, 1.807) is 0 Å². The van der Waals surface area contributed by atoms with Gasteiger partial charge in [-0.25, -0.2) is 0 Å². The molecular weight excluding hydrogens is 464 g/mol. The van der Waals surface area contributed by atoms with Crippen LogP contribution >= 0.6 is 0 Å². The van der Waals surface area contributed by atoms with Gasteiger partial charge >= 0.3 is 0 Å². The minimum absolute atomic E-state index is 0.271. The molecule has 0 N–H and O–H groups in total. The number of carbonyl (C=O) groups excluding carboxylic acids is 1. The molecule has 7 heteroatoms. The Balaban J connectivity index is 1.42. The van der Waals surface area contributed by atoms with E-state index in [1.165, 1.54) is 5.56 Å². The number of aryl methyl sites for hydroxylation is 1. The van der Waals surface area contributed by atoms with Crippen LogP contribution in [0.5, 0.6) is 11.5 Å². The van der Waals surface area contributed by atoms with E-state index in [2.05, 4.69) is 65.0 Å². The van der Waals surface area contributed by atoms with Crippen LogP contribution in [0.15, 0.2) is 42.6 Å². The van der Waals surface area contributed by atoms with Crippen molar-refractivity contribution in [2.45, 2.75) is 63.8 Å². The van der Waals surface area contributed by atoms with E-state index >= 15 is 0 Å². The van der Waals surface area contributed by atoms with Crippen LogP contribution in [-0.2, 0) is 11.2 Å². The summed E-state index contributed by atoms with van der Waals surface area (Å²) in [6, 6.07) is 12.8. The number of fused-ring (bicyclic) bond motifs is 1. The van der Waals surface area contributed by atoms with Crippen molar-refractivity contribution in [3.05, 3.63) is 53.9 Å². The number of unbranched alkanes of at least 4 members (excludes halogenated alkanes) is 2. The summed E-state index contributed by atoms with van der Waals surface area (Å²) in [5.74, 6) is 2.30. The summed E-state index contributed by atoms with van der Waals surface area (Å²) in [7, 11) is 4.21. The zero-order valence-electron chi connectivity index (χ0n) is 22.9. The van der Waals surface area contributed by atoms with E-state index in [0.29, 0.717) is 25.3 Å². The Kier molecular flexibility index (Phi) is 10.2.